The lowest BCUT2D eigenvalue weighted by atomic mass is 9.89. The number of hydrogen-bond donors (Lipinski definition) is 0. The zero-order valence-electron chi connectivity index (χ0n) is 16.3. The van der Waals surface area contributed by atoms with Crippen molar-refractivity contribution in [3.8, 4) is 5.75 Å². The molecule has 0 radical (unpaired) electrons. The molecular formula is C23H21FN2O4. The first-order valence-electron chi connectivity index (χ1n) is 10.1. The average molecular weight is 408 g/mol. The van der Waals surface area contributed by atoms with E-state index in [-0.39, 0.29) is 37.0 Å². The van der Waals surface area contributed by atoms with Crippen LogP contribution in [0.15, 0.2) is 48.5 Å². The second-order valence-corrected chi connectivity index (χ2v) is 8.28. The molecule has 3 heterocycles. The molecule has 5 rings (SSSR count). The number of likely N-dealkylation sites (tertiary alicyclic amines) is 1. The number of rotatable bonds is 2. The van der Waals surface area contributed by atoms with Crippen molar-refractivity contribution in [1.29, 1.82) is 0 Å². The number of halogens is 1. The standard InChI is InChI=1S/C23H21FN2O4/c24-16-4-3-5-17(11-16)26-13-15(10-21(26)28)22(29)25-9-8-23(14-25)12-19(27)18-6-1-2-7-20(18)30-23/h1-7,11,15H,8-10,12-14H2. The average Bonchev–Trinajstić information content (AvgIpc) is 3.31. The van der Waals surface area contributed by atoms with E-state index < -0.39 is 17.3 Å². The molecule has 2 amide bonds. The van der Waals surface area contributed by atoms with Crippen molar-refractivity contribution >= 4 is 23.3 Å². The van der Waals surface area contributed by atoms with Crippen LogP contribution in [-0.2, 0) is 9.59 Å². The Morgan fingerprint density at radius 2 is 1.97 bits per heavy atom. The lowest BCUT2D eigenvalue weighted by molar-refractivity contribution is -0.135. The van der Waals surface area contributed by atoms with Crippen LogP contribution < -0.4 is 9.64 Å². The van der Waals surface area contributed by atoms with Gasteiger partial charge in [0.1, 0.15) is 17.2 Å². The van der Waals surface area contributed by atoms with Gasteiger partial charge in [0.05, 0.1) is 24.4 Å². The molecule has 0 saturated carbocycles. The third-order valence-electron chi connectivity index (χ3n) is 6.22. The fraction of sp³-hybridized carbons (Fsp3) is 0.348. The third-order valence-corrected chi connectivity index (χ3v) is 6.22. The van der Waals surface area contributed by atoms with Crippen molar-refractivity contribution < 1.29 is 23.5 Å². The predicted octanol–water partition coefficient (Wildman–Crippen LogP) is 2.82. The van der Waals surface area contributed by atoms with Crippen LogP contribution in [0.3, 0.4) is 0 Å². The molecule has 2 atom stereocenters. The number of fused-ring (bicyclic) bond motifs is 1. The first-order valence-corrected chi connectivity index (χ1v) is 10.1. The van der Waals surface area contributed by atoms with Gasteiger partial charge in [0.2, 0.25) is 11.8 Å². The van der Waals surface area contributed by atoms with Crippen molar-refractivity contribution in [3.63, 3.8) is 0 Å². The van der Waals surface area contributed by atoms with Crippen molar-refractivity contribution in [2.24, 2.45) is 5.92 Å². The summed E-state index contributed by atoms with van der Waals surface area (Å²) in [5, 5.41) is 0. The molecule has 0 aromatic heterocycles. The van der Waals surface area contributed by atoms with Gasteiger partial charge in [-0.1, -0.05) is 18.2 Å². The van der Waals surface area contributed by atoms with Crippen LogP contribution in [0.4, 0.5) is 10.1 Å². The molecule has 3 aliphatic rings. The van der Waals surface area contributed by atoms with Gasteiger partial charge in [-0.3, -0.25) is 14.4 Å². The van der Waals surface area contributed by atoms with E-state index in [9.17, 15) is 18.8 Å². The van der Waals surface area contributed by atoms with Crippen LogP contribution in [0, 0.1) is 11.7 Å². The maximum absolute atomic E-state index is 13.5. The summed E-state index contributed by atoms with van der Waals surface area (Å²) in [4.78, 5) is 41.3. The number of amides is 2. The summed E-state index contributed by atoms with van der Waals surface area (Å²) < 4.78 is 19.7. The van der Waals surface area contributed by atoms with Crippen LogP contribution in [-0.4, -0.2) is 47.7 Å². The Labute approximate surface area is 173 Å². The number of para-hydroxylation sites is 1. The van der Waals surface area contributed by atoms with Gasteiger partial charge in [-0.15, -0.1) is 0 Å². The molecule has 7 heteroatoms. The molecule has 0 bridgehead atoms. The fourth-order valence-corrected chi connectivity index (χ4v) is 4.73. The number of carbonyl (C=O) groups is 3. The molecule has 3 aliphatic heterocycles. The molecule has 1 spiro atoms. The number of carbonyl (C=O) groups excluding carboxylic acids is 3. The molecule has 30 heavy (non-hydrogen) atoms. The SMILES string of the molecule is O=C1CC2(CCN(C(=O)C3CC(=O)N(c4cccc(F)c4)C3)C2)Oc2ccccc21. The topological polar surface area (TPSA) is 66.9 Å². The van der Waals surface area contributed by atoms with E-state index in [1.807, 2.05) is 12.1 Å². The van der Waals surface area contributed by atoms with Gasteiger partial charge in [-0.25, -0.2) is 4.39 Å². The molecule has 2 fully saturated rings. The maximum atomic E-state index is 13.5. The van der Waals surface area contributed by atoms with Crippen LogP contribution in [0.5, 0.6) is 5.75 Å². The predicted molar refractivity (Wildman–Crippen MR) is 107 cm³/mol. The highest BCUT2D eigenvalue weighted by Crippen LogP contribution is 2.39. The quantitative estimate of drug-likeness (QED) is 0.767. The van der Waals surface area contributed by atoms with Gasteiger partial charge in [-0.05, 0) is 30.3 Å². The lowest BCUT2D eigenvalue weighted by Gasteiger charge is -2.34. The van der Waals surface area contributed by atoms with Gasteiger partial charge in [0.15, 0.2) is 5.78 Å². The normalized spacial score (nSPS) is 25.6. The molecule has 2 saturated heterocycles. The Hall–Kier alpha value is -3.22. The fourth-order valence-electron chi connectivity index (χ4n) is 4.73. The van der Waals surface area contributed by atoms with Crippen LogP contribution in [0.2, 0.25) is 0 Å². The summed E-state index contributed by atoms with van der Waals surface area (Å²) in [6.07, 6.45) is 0.918. The molecule has 154 valence electrons. The van der Waals surface area contributed by atoms with E-state index in [0.29, 0.717) is 36.5 Å². The molecule has 0 N–H and O–H groups in total. The Kier molecular flexibility index (Phi) is 4.34. The monoisotopic (exact) mass is 408 g/mol. The molecule has 2 aromatic rings. The number of ketones is 1. The van der Waals surface area contributed by atoms with Crippen LogP contribution >= 0.6 is 0 Å². The van der Waals surface area contributed by atoms with Gasteiger partial charge in [0.25, 0.3) is 0 Å². The number of ether oxygens (including phenoxy) is 1. The first kappa shape index (κ1) is 18.8. The highest BCUT2D eigenvalue weighted by atomic mass is 19.1. The first-order chi connectivity index (χ1) is 14.4. The maximum Gasteiger partial charge on any atom is 0.228 e. The van der Waals surface area contributed by atoms with E-state index >= 15 is 0 Å². The third kappa shape index (κ3) is 3.14. The van der Waals surface area contributed by atoms with Gasteiger partial charge >= 0.3 is 0 Å². The van der Waals surface area contributed by atoms with E-state index in [1.165, 1.54) is 17.0 Å². The summed E-state index contributed by atoms with van der Waals surface area (Å²) in [7, 11) is 0. The van der Waals surface area contributed by atoms with Crippen molar-refractivity contribution in [1.82, 2.24) is 4.90 Å². The number of hydrogen-bond acceptors (Lipinski definition) is 4. The number of benzene rings is 2. The zero-order chi connectivity index (χ0) is 20.9. The van der Waals surface area contributed by atoms with Crippen molar-refractivity contribution in [2.75, 3.05) is 24.5 Å². The molecule has 0 aliphatic carbocycles. The smallest absolute Gasteiger partial charge is 0.228 e. The van der Waals surface area contributed by atoms with Gasteiger partial charge < -0.3 is 14.5 Å². The van der Waals surface area contributed by atoms with Crippen molar-refractivity contribution in [3.05, 3.63) is 59.9 Å². The minimum Gasteiger partial charge on any atom is -0.484 e. The van der Waals surface area contributed by atoms with E-state index in [0.717, 1.165) is 0 Å². The van der Waals surface area contributed by atoms with E-state index in [1.54, 1.807) is 29.2 Å². The van der Waals surface area contributed by atoms with Crippen LogP contribution in [0.1, 0.15) is 29.6 Å². The second kappa shape index (κ2) is 6.93. The summed E-state index contributed by atoms with van der Waals surface area (Å²) in [6.45, 7) is 1.04. The van der Waals surface area contributed by atoms with Gasteiger partial charge in [-0.2, -0.15) is 0 Å². The van der Waals surface area contributed by atoms with E-state index in [4.69, 9.17) is 4.74 Å². The Bertz CT molecular complexity index is 1060. The summed E-state index contributed by atoms with van der Waals surface area (Å²) in [5.41, 5.74) is 0.345. The Balaban J connectivity index is 1.29. The lowest BCUT2D eigenvalue weighted by Crippen LogP contribution is -2.46. The Morgan fingerprint density at radius 3 is 2.80 bits per heavy atom. The molecular weight excluding hydrogens is 387 g/mol. The second-order valence-electron chi connectivity index (χ2n) is 8.28. The number of nitrogens with zero attached hydrogens (tertiary/aromatic N) is 2. The summed E-state index contributed by atoms with van der Waals surface area (Å²) >= 11 is 0. The zero-order valence-corrected chi connectivity index (χ0v) is 16.3. The summed E-state index contributed by atoms with van der Waals surface area (Å²) in [6, 6.07) is 13.0. The largest absolute Gasteiger partial charge is 0.484 e. The number of Topliss-reactive ketones (excluding diaryl/α,β-unsaturated/α-hetero) is 1. The molecule has 2 unspecified atom stereocenters. The van der Waals surface area contributed by atoms with Gasteiger partial charge in [0, 0.05) is 31.6 Å². The molecule has 6 nitrogen and oxygen atoms in total. The Morgan fingerprint density at radius 1 is 1.13 bits per heavy atom. The van der Waals surface area contributed by atoms with E-state index in [2.05, 4.69) is 0 Å². The molecule has 2 aromatic carbocycles. The highest BCUT2D eigenvalue weighted by Gasteiger charge is 2.48. The summed E-state index contributed by atoms with van der Waals surface area (Å²) in [5.74, 6) is -0.616. The number of anilines is 1. The highest BCUT2D eigenvalue weighted by molar-refractivity contribution is 6.01. The van der Waals surface area contributed by atoms with Crippen LogP contribution in [0.25, 0.3) is 0 Å². The van der Waals surface area contributed by atoms with Crippen molar-refractivity contribution in [2.45, 2.75) is 24.9 Å². The minimum absolute atomic E-state index is 0.0273. The minimum atomic E-state index is -0.702.